The number of carboxylic acid groups (broad SMARTS) is 1. The van der Waals surface area contributed by atoms with Crippen LogP contribution in [-0.2, 0) is 15.2 Å². The molecule has 4 aromatic rings. The molecule has 8 heteroatoms. The van der Waals surface area contributed by atoms with E-state index >= 15 is 0 Å². The number of anilines is 1. The van der Waals surface area contributed by atoms with Gasteiger partial charge in [-0.1, -0.05) is 103 Å². The van der Waals surface area contributed by atoms with Crippen molar-refractivity contribution >= 4 is 28.1 Å². The quantitative estimate of drug-likeness (QED) is 0.183. The first kappa shape index (κ1) is 27.0. The fourth-order valence-electron chi connectivity index (χ4n) is 4.43. The number of hydrogen-bond acceptors (Lipinski definition) is 7. The molecule has 0 unspecified atom stereocenters. The van der Waals surface area contributed by atoms with Gasteiger partial charge in [-0.2, -0.15) is 0 Å². The van der Waals surface area contributed by atoms with Crippen LogP contribution in [0.25, 0.3) is 0 Å². The van der Waals surface area contributed by atoms with Crippen molar-refractivity contribution in [2.24, 2.45) is 5.16 Å². The van der Waals surface area contributed by atoms with Crippen LogP contribution in [0.2, 0.25) is 0 Å². The number of benzene rings is 3. The predicted molar refractivity (Wildman–Crippen MR) is 152 cm³/mol. The standard InChI is InChI=1S/C24H19N3O3S.C6H13N/c25-23-26-20(16-31-23)21(22(28)29)27-30-24(17-10-4-1-5-11-17,18-12-6-2-7-13-18)19-14-8-3-9-15-19;1-7-5-3-2-4-6-7/h1-16H,(H2,25,26)(H,28,29);2-6H2,1H3. The summed E-state index contributed by atoms with van der Waals surface area (Å²) in [5.41, 5.74) is 6.76. The van der Waals surface area contributed by atoms with Crippen LogP contribution in [0.15, 0.2) is 102 Å². The van der Waals surface area contributed by atoms with Crippen LogP contribution >= 0.6 is 11.3 Å². The number of aromatic nitrogens is 1. The highest BCUT2D eigenvalue weighted by atomic mass is 32.1. The number of nitrogens with zero attached hydrogens (tertiary/aromatic N) is 3. The third-order valence-corrected chi connectivity index (χ3v) is 7.04. The second-order valence-electron chi connectivity index (χ2n) is 9.05. The zero-order valence-corrected chi connectivity index (χ0v) is 22.2. The first-order valence-electron chi connectivity index (χ1n) is 12.6. The average Bonchev–Trinajstić information content (AvgIpc) is 3.39. The number of piperidine rings is 1. The molecule has 1 fully saturated rings. The Morgan fingerprint density at radius 2 is 1.37 bits per heavy atom. The third kappa shape index (κ3) is 6.45. The van der Waals surface area contributed by atoms with E-state index in [9.17, 15) is 9.90 Å². The minimum Gasteiger partial charge on any atom is -0.476 e. The Morgan fingerprint density at radius 1 is 0.895 bits per heavy atom. The van der Waals surface area contributed by atoms with Crippen molar-refractivity contribution in [3.8, 4) is 0 Å². The van der Waals surface area contributed by atoms with Crippen molar-refractivity contribution in [1.82, 2.24) is 9.88 Å². The Hall–Kier alpha value is -4.01. The fourth-order valence-corrected chi connectivity index (χ4v) is 4.98. The molecule has 2 heterocycles. The van der Waals surface area contributed by atoms with E-state index in [1.807, 2.05) is 91.0 Å². The van der Waals surface area contributed by atoms with Gasteiger partial charge in [0.15, 0.2) is 5.13 Å². The Morgan fingerprint density at radius 3 is 1.71 bits per heavy atom. The van der Waals surface area contributed by atoms with Crippen LogP contribution in [0.4, 0.5) is 5.13 Å². The van der Waals surface area contributed by atoms with E-state index in [1.165, 1.54) is 32.4 Å². The molecule has 0 bridgehead atoms. The molecular formula is C30H32N4O3S. The van der Waals surface area contributed by atoms with Gasteiger partial charge >= 0.3 is 5.97 Å². The van der Waals surface area contributed by atoms with Gasteiger partial charge in [0, 0.05) is 22.1 Å². The highest BCUT2D eigenvalue weighted by molar-refractivity contribution is 7.13. The van der Waals surface area contributed by atoms with E-state index in [0.717, 1.165) is 28.0 Å². The van der Waals surface area contributed by atoms with Crippen LogP contribution in [0.1, 0.15) is 41.6 Å². The van der Waals surface area contributed by atoms with E-state index in [1.54, 1.807) is 5.38 Å². The van der Waals surface area contributed by atoms with E-state index in [4.69, 9.17) is 10.6 Å². The molecule has 38 heavy (non-hydrogen) atoms. The van der Waals surface area contributed by atoms with Gasteiger partial charge in [-0.25, -0.2) is 9.78 Å². The highest BCUT2D eigenvalue weighted by Crippen LogP contribution is 2.40. The summed E-state index contributed by atoms with van der Waals surface area (Å²) in [6, 6.07) is 28.7. The molecule has 0 amide bonds. The lowest BCUT2D eigenvalue weighted by Gasteiger charge is -2.33. The van der Waals surface area contributed by atoms with Crippen LogP contribution in [0, 0.1) is 0 Å². The lowest BCUT2D eigenvalue weighted by Crippen LogP contribution is -2.32. The summed E-state index contributed by atoms with van der Waals surface area (Å²) in [6.45, 7) is 2.64. The van der Waals surface area contributed by atoms with Gasteiger partial charge in [0.2, 0.25) is 11.3 Å². The Kier molecular flexibility index (Phi) is 9.24. The number of likely N-dealkylation sites (tertiary alicyclic amines) is 1. The molecule has 1 aliphatic heterocycles. The Labute approximate surface area is 227 Å². The van der Waals surface area contributed by atoms with Crippen molar-refractivity contribution in [3.63, 3.8) is 0 Å². The Bertz CT molecular complexity index is 1220. The molecule has 196 valence electrons. The molecule has 5 rings (SSSR count). The molecule has 0 spiro atoms. The lowest BCUT2D eigenvalue weighted by molar-refractivity contribution is -0.129. The maximum Gasteiger partial charge on any atom is 0.360 e. The molecule has 0 aliphatic carbocycles. The Balaban J connectivity index is 0.000000417. The van der Waals surface area contributed by atoms with Crippen molar-refractivity contribution in [3.05, 3.63) is 119 Å². The monoisotopic (exact) mass is 528 g/mol. The maximum atomic E-state index is 11.9. The number of oxime groups is 1. The molecule has 0 radical (unpaired) electrons. The lowest BCUT2D eigenvalue weighted by atomic mass is 9.80. The zero-order chi connectivity index (χ0) is 26.8. The second kappa shape index (κ2) is 13.0. The number of aliphatic carboxylic acids is 1. The summed E-state index contributed by atoms with van der Waals surface area (Å²) < 4.78 is 0. The highest BCUT2D eigenvalue weighted by Gasteiger charge is 2.40. The van der Waals surface area contributed by atoms with Crippen LogP contribution in [0.3, 0.4) is 0 Å². The summed E-state index contributed by atoms with van der Waals surface area (Å²) in [5.74, 6) is -1.26. The second-order valence-corrected chi connectivity index (χ2v) is 9.94. The van der Waals surface area contributed by atoms with Gasteiger partial charge in [-0.3, -0.25) is 0 Å². The molecule has 3 N–H and O–H groups in total. The number of carboxylic acids is 1. The molecule has 7 nitrogen and oxygen atoms in total. The third-order valence-electron chi connectivity index (χ3n) is 6.36. The van der Waals surface area contributed by atoms with Gasteiger partial charge in [0.05, 0.1) is 0 Å². The van der Waals surface area contributed by atoms with Crippen molar-refractivity contribution in [1.29, 1.82) is 0 Å². The molecule has 0 atom stereocenters. The summed E-state index contributed by atoms with van der Waals surface area (Å²) in [5, 5.41) is 15.7. The van der Waals surface area contributed by atoms with Crippen LogP contribution < -0.4 is 5.73 Å². The number of rotatable bonds is 7. The van der Waals surface area contributed by atoms with Gasteiger partial charge in [-0.05, 0) is 33.0 Å². The molecular weight excluding hydrogens is 496 g/mol. The minimum absolute atomic E-state index is 0.151. The topological polar surface area (TPSA) is 101 Å². The smallest absolute Gasteiger partial charge is 0.360 e. The van der Waals surface area contributed by atoms with Crippen molar-refractivity contribution < 1.29 is 14.7 Å². The van der Waals surface area contributed by atoms with Crippen molar-refractivity contribution in [2.75, 3.05) is 25.9 Å². The molecule has 1 saturated heterocycles. The van der Waals surface area contributed by atoms with E-state index < -0.39 is 11.6 Å². The molecule has 1 aliphatic rings. The summed E-state index contributed by atoms with van der Waals surface area (Å²) in [4.78, 5) is 24.6. The van der Waals surface area contributed by atoms with Gasteiger partial charge in [-0.15, -0.1) is 11.3 Å². The fraction of sp³-hybridized carbons (Fsp3) is 0.233. The predicted octanol–water partition coefficient (Wildman–Crippen LogP) is 5.62. The zero-order valence-electron chi connectivity index (χ0n) is 21.4. The van der Waals surface area contributed by atoms with E-state index in [-0.39, 0.29) is 16.5 Å². The SMILES string of the molecule is CN1CCCCC1.Nc1nc(C(=NOC(c2ccccc2)(c2ccccc2)c2ccccc2)C(=O)O)cs1. The van der Waals surface area contributed by atoms with Crippen LogP contribution in [-0.4, -0.2) is 46.8 Å². The first-order chi connectivity index (χ1) is 18.5. The first-order valence-corrected chi connectivity index (χ1v) is 13.4. The number of nitrogen functional groups attached to an aromatic ring is 1. The maximum absolute atomic E-state index is 11.9. The number of carbonyl (C=O) groups is 1. The van der Waals surface area contributed by atoms with Crippen molar-refractivity contribution in [2.45, 2.75) is 24.9 Å². The summed E-state index contributed by atoms with van der Waals surface area (Å²) in [7, 11) is 2.19. The number of thiazole rings is 1. The van der Waals surface area contributed by atoms with E-state index in [0.29, 0.717) is 0 Å². The number of hydrogen-bond donors (Lipinski definition) is 2. The van der Waals surface area contributed by atoms with Crippen LogP contribution in [0.5, 0.6) is 0 Å². The number of nitrogens with two attached hydrogens (primary N) is 1. The average molecular weight is 529 g/mol. The summed E-state index contributed by atoms with van der Waals surface area (Å²) >= 11 is 1.14. The summed E-state index contributed by atoms with van der Waals surface area (Å²) in [6.07, 6.45) is 4.28. The van der Waals surface area contributed by atoms with Gasteiger partial charge in [0.25, 0.3) is 0 Å². The van der Waals surface area contributed by atoms with Gasteiger partial charge in [0.1, 0.15) is 5.69 Å². The molecule has 1 aromatic heterocycles. The largest absolute Gasteiger partial charge is 0.476 e. The normalized spacial score (nSPS) is 14.3. The van der Waals surface area contributed by atoms with Gasteiger partial charge < -0.3 is 20.6 Å². The minimum atomic E-state index is -1.26. The molecule has 0 saturated carbocycles. The van der Waals surface area contributed by atoms with E-state index in [2.05, 4.69) is 22.1 Å². The molecule has 3 aromatic carbocycles.